The Kier molecular flexibility index (Phi) is 25.8. The summed E-state index contributed by atoms with van der Waals surface area (Å²) in [7, 11) is 7.48. The number of rotatable bonds is 20. The van der Waals surface area contributed by atoms with E-state index in [0.29, 0.717) is 187 Å². The molecule has 148 heavy (non-hydrogen) atoms. The maximum absolute atomic E-state index is 15.4. The standard InChI is InChI=1S/4C27H28FN7O2/c4*1-4-16-21(15-9-33-35(3)12-15)22(16)26(36)34-20-8-14-7-17(23(28)24(29)19(14)11-31-20)18-10-32-27-25(13(18)2)30-5-6-37-27/h4*7-12,16,21-22,30H,4-6,29H2,1-3H3,(H,31,34,36)/t2*16-,21+,22+;2*16-,21-,22-/m1010/s1. The number of aromatic nitrogens is 16. The van der Waals surface area contributed by atoms with Gasteiger partial charge in [-0.3, -0.25) is 37.9 Å². The quantitative estimate of drug-likeness (QED) is 0.0249. The molecule has 0 spiro atoms. The van der Waals surface area contributed by atoms with Crippen LogP contribution in [0.2, 0.25) is 0 Å². The van der Waals surface area contributed by atoms with Gasteiger partial charge in [0.05, 0.1) is 47.5 Å². The minimum atomic E-state index is -0.532. The van der Waals surface area contributed by atoms with Crippen molar-refractivity contribution >= 4 is 135 Å². The zero-order valence-electron chi connectivity index (χ0n) is 83.5. The van der Waals surface area contributed by atoms with E-state index in [9.17, 15) is 19.2 Å². The topological polar surface area (TPSA) is 480 Å². The fraction of sp³-hybridized carbons (Fsp3) is 0.333. The van der Waals surface area contributed by atoms with Gasteiger partial charge in [0.2, 0.25) is 47.1 Å². The van der Waals surface area contributed by atoms with E-state index in [1.54, 1.807) is 92.0 Å². The van der Waals surface area contributed by atoms with E-state index in [4.69, 9.17) is 41.9 Å². The van der Waals surface area contributed by atoms with Crippen molar-refractivity contribution in [2.75, 3.05) is 118 Å². The molecule has 12 aromatic heterocycles. The Morgan fingerprint density at radius 2 is 0.527 bits per heavy atom. The number of hydrogen-bond acceptors (Lipinski definition) is 28. The number of fused-ring (bicyclic) bond motifs is 8. The second-order valence-corrected chi connectivity index (χ2v) is 39.0. The fourth-order valence-corrected chi connectivity index (χ4v) is 22.3. The van der Waals surface area contributed by atoms with E-state index < -0.39 is 23.3 Å². The van der Waals surface area contributed by atoms with Crippen LogP contribution in [0.15, 0.2) is 148 Å². The molecule has 760 valence electrons. The summed E-state index contributed by atoms with van der Waals surface area (Å²) in [4.78, 5) is 87.6. The Bertz CT molecular complexity index is 7120. The molecular formula is C108H112F4N28O8. The molecule has 24 rings (SSSR count). The summed E-state index contributed by atoms with van der Waals surface area (Å²) in [5.41, 5.74) is 39.2. The van der Waals surface area contributed by atoms with Crippen LogP contribution in [0.25, 0.3) is 87.6 Å². The van der Waals surface area contributed by atoms with Gasteiger partial charge in [0, 0.05) is 242 Å². The third-order valence-electron chi connectivity index (χ3n) is 30.2. The monoisotopic (exact) mass is 2000 g/mol. The molecule has 16 aromatic rings. The van der Waals surface area contributed by atoms with Crippen LogP contribution in [-0.2, 0) is 47.4 Å². The van der Waals surface area contributed by atoms with Gasteiger partial charge in [0.1, 0.15) is 72.4 Å². The molecule has 4 amide bonds. The molecular weight excluding hydrogens is 1890 g/mol. The van der Waals surface area contributed by atoms with E-state index in [0.717, 1.165) is 92.9 Å². The number of nitrogens with two attached hydrogens (primary N) is 4. The summed E-state index contributed by atoms with van der Waals surface area (Å²) >= 11 is 0. The predicted octanol–water partition coefficient (Wildman–Crippen LogP) is 17.0. The van der Waals surface area contributed by atoms with Crippen LogP contribution < -0.4 is 84.4 Å². The van der Waals surface area contributed by atoms with Gasteiger partial charge in [-0.15, -0.1) is 0 Å². The highest BCUT2D eigenvalue weighted by molar-refractivity contribution is 6.06. The Labute approximate surface area is 847 Å². The van der Waals surface area contributed by atoms with Crippen molar-refractivity contribution in [2.24, 2.45) is 75.5 Å². The van der Waals surface area contributed by atoms with E-state index in [-0.39, 0.29) is 117 Å². The van der Waals surface area contributed by atoms with E-state index in [1.165, 1.54) is 24.8 Å². The number of nitrogen functional groups attached to an aromatic ring is 4. The van der Waals surface area contributed by atoms with Crippen molar-refractivity contribution in [1.82, 2.24) is 79.0 Å². The van der Waals surface area contributed by atoms with Gasteiger partial charge in [-0.1, -0.05) is 53.4 Å². The lowest BCUT2D eigenvalue weighted by atomic mass is 9.97. The number of hydrogen-bond donors (Lipinski definition) is 12. The second-order valence-electron chi connectivity index (χ2n) is 39.0. The van der Waals surface area contributed by atoms with Crippen molar-refractivity contribution in [1.29, 1.82) is 0 Å². The molecule has 0 saturated heterocycles. The van der Waals surface area contributed by atoms with Crippen LogP contribution in [-0.4, -0.2) is 155 Å². The number of ether oxygens (including phenoxy) is 4. The van der Waals surface area contributed by atoms with Gasteiger partial charge in [-0.25, -0.2) is 57.4 Å². The first-order valence-electron chi connectivity index (χ1n) is 49.6. The van der Waals surface area contributed by atoms with Crippen molar-refractivity contribution in [3.8, 4) is 68.0 Å². The number of halogens is 4. The first-order chi connectivity index (χ1) is 71.5. The Balaban J connectivity index is 0.000000116. The average molecular weight is 2010 g/mol. The first-order valence-corrected chi connectivity index (χ1v) is 49.6. The summed E-state index contributed by atoms with van der Waals surface area (Å²) in [5.74, 6) is 2.25. The van der Waals surface area contributed by atoms with Crippen LogP contribution in [0.3, 0.4) is 0 Å². The van der Waals surface area contributed by atoms with Gasteiger partial charge in [0.25, 0.3) is 0 Å². The molecule has 4 aromatic carbocycles. The van der Waals surface area contributed by atoms with Gasteiger partial charge in [0.15, 0.2) is 23.3 Å². The van der Waals surface area contributed by atoms with Gasteiger partial charge in [-0.2, -0.15) is 20.4 Å². The largest absolute Gasteiger partial charge is 0.474 e. The maximum atomic E-state index is 15.4. The van der Waals surface area contributed by atoms with E-state index in [1.807, 2.05) is 105 Å². The van der Waals surface area contributed by atoms with Crippen LogP contribution >= 0.6 is 0 Å². The highest BCUT2D eigenvalue weighted by Crippen LogP contribution is 2.60. The predicted molar refractivity (Wildman–Crippen MR) is 560 cm³/mol. The molecule has 16 heterocycles. The van der Waals surface area contributed by atoms with Gasteiger partial charge < -0.3 is 84.4 Å². The number of benzene rings is 4. The number of aryl methyl sites for hydroxylation is 4. The number of nitrogens with one attached hydrogen (secondary N) is 8. The Hall–Kier alpha value is -16.8. The number of carbonyl (C=O) groups is 4. The molecule has 4 aliphatic carbocycles. The van der Waals surface area contributed by atoms with Crippen molar-refractivity contribution < 1.29 is 55.7 Å². The number of pyridine rings is 8. The van der Waals surface area contributed by atoms with Crippen LogP contribution in [0.4, 0.5) is 86.3 Å². The number of amides is 4. The minimum Gasteiger partial charge on any atom is -0.474 e. The maximum Gasteiger partial charge on any atom is 0.237 e. The number of nitrogens with zero attached hydrogens (tertiary/aromatic N) is 16. The summed E-state index contributed by atoms with van der Waals surface area (Å²) < 4.78 is 91.2. The van der Waals surface area contributed by atoms with Crippen LogP contribution in [0.5, 0.6) is 23.5 Å². The molecule has 36 nitrogen and oxygen atoms in total. The Morgan fingerprint density at radius 1 is 0.318 bits per heavy atom. The van der Waals surface area contributed by atoms with E-state index >= 15 is 17.6 Å². The molecule has 4 saturated carbocycles. The molecule has 4 fully saturated rings. The van der Waals surface area contributed by atoms with Crippen molar-refractivity contribution in [2.45, 2.75) is 105 Å². The lowest BCUT2D eigenvalue weighted by molar-refractivity contribution is -0.118. The highest BCUT2D eigenvalue weighted by Gasteiger charge is 2.58. The van der Waals surface area contributed by atoms with Gasteiger partial charge >= 0.3 is 0 Å². The van der Waals surface area contributed by atoms with Crippen molar-refractivity contribution in [3.05, 3.63) is 215 Å². The van der Waals surface area contributed by atoms with Crippen LogP contribution in [0, 0.1) is 98.3 Å². The molecule has 12 atom stereocenters. The summed E-state index contributed by atoms with van der Waals surface area (Å²) in [5, 5.41) is 46.6. The number of anilines is 12. The van der Waals surface area contributed by atoms with Crippen LogP contribution in [0.1, 0.15) is 122 Å². The second kappa shape index (κ2) is 39.3. The molecule has 0 radical (unpaired) electrons. The normalized spacial score (nSPS) is 20.2. The third kappa shape index (κ3) is 18.0. The average Bonchev–Trinajstić information content (AvgIpc) is 1.59. The van der Waals surface area contributed by atoms with E-state index in [2.05, 4.69) is 130 Å². The minimum absolute atomic E-state index is 0.00379. The third-order valence-corrected chi connectivity index (χ3v) is 30.2. The lowest BCUT2D eigenvalue weighted by Crippen LogP contribution is -2.20. The number of carbonyl (C=O) groups excluding carboxylic acids is 4. The van der Waals surface area contributed by atoms with Gasteiger partial charge in [-0.05, 0) is 166 Å². The molecule has 8 aliphatic rings. The first kappa shape index (κ1) is 97.2. The van der Waals surface area contributed by atoms with Crippen molar-refractivity contribution in [3.63, 3.8) is 0 Å². The molecule has 0 unspecified atom stereocenters. The highest BCUT2D eigenvalue weighted by atomic mass is 19.1. The zero-order chi connectivity index (χ0) is 103. The fourth-order valence-electron chi connectivity index (χ4n) is 22.3. The Morgan fingerprint density at radius 3 is 0.716 bits per heavy atom. The summed E-state index contributed by atoms with van der Waals surface area (Å²) in [6, 6.07) is 13.8. The molecule has 40 heteroatoms. The SMILES string of the molecule is CC[C@@H]1[C@@H](C(=O)Nc2cc3cc(-c4cnc5c(c4C)NCCO5)c(F)c(N)c3cn2)[C@@H]1c1cnn(C)c1.CC[C@@H]1[C@H](C(=O)Nc2cc3cc(-c4cnc5c(c4C)NCCO5)c(F)c(N)c3cn2)[C@H]1c1cnn(C)c1.CC[C@H]1[C@@H](C(=O)Nc2cc3cc(-c4cnc5c(c4C)NCCO5)c(F)c(N)c3cn2)[C@@H]1c1cnn(C)c1.CC[C@H]1[C@H](C(=O)Nc2cc3cc(-c4cnc5c(c4C)NCCO5)c(F)c(N)c3cn2)[C@H]1c1cnn(C)c1. The summed E-state index contributed by atoms with van der Waals surface area (Å²) in [6.07, 6.45) is 31.2. The molecule has 16 N–H and O–H groups in total. The summed E-state index contributed by atoms with van der Waals surface area (Å²) in [6.45, 7) is 20.7. The smallest absolute Gasteiger partial charge is 0.237 e. The zero-order valence-corrected chi connectivity index (χ0v) is 83.5. The molecule has 0 bridgehead atoms. The lowest BCUT2D eigenvalue weighted by Gasteiger charge is -2.22. The molecule has 4 aliphatic heterocycles.